The van der Waals surface area contributed by atoms with Gasteiger partial charge in [-0.15, -0.1) is 0 Å². The van der Waals surface area contributed by atoms with Gasteiger partial charge in [0.2, 0.25) is 21.8 Å². The van der Waals surface area contributed by atoms with Gasteiger partial charge in [-0.1, -0.05) is 70.5 Å². The Hall–Kier alpha value is -3.37. The molecule has 0 spiro atoms. The number of nitrogens with zero attached hydrogens (tertiary/aromatic N) is 2. The van der Waals surface area contributed by atoms with Crippen molar-refractivity contribution >= 4 is 43.5 Å². The van der Waals surface area contributed by atoms with Crippen LogP contribution in [0.15, 0.2) is 83.3 Å². The molecule has 0 saturated heterocycles. The van der Waals surface area contributed by atoms with Gasteiger partial charge in [0.05, 0.1) is 19.1 Å². The molecule has 0 aliphatic rings. The Kier molecular flexibility index (Phi) is 9.71. The molecule has 0 saturated carbocycles. The van der Waals surface area contributed by atoms with E-state index in [-0.39, 0.29) is 24.6 Å². The van der Waals surface area contributed by atoms with E-state index in [1.807, 2.05) is 54.6 Å². The summed E-state index contributed by atoms with van der Waals surface area (Å²) >= 11 is 3.41. The van der Waals surface area contributed by atoms with Crippen LogP contribution in [-0.4, -0.2) is 58.1 Å². The van der Waals surface area contributed by atoms with Crippen LogP contribution >= 0.6 is 15.9 Å². The van der Waals surface area contributed by atoms with Crippen LogP contribution in [0.4, 0.5) is 5.69 Å². The molecule has 1 atom stereocenters. The van der Waals surface area contributed by atoms with E-state index in [0.29, 0.717) is 5.75 Å². The van der Waals surface area contributed by atoms with Crippen molar-refractivity contribution in [3.8, 4) is 5.75 Å². The molecule has 0 bridgehead atoms. The van der Waals surface area contributed by atoms with E-state index >= 15 is 0 Å². The molecule has 0 unspecified atom stereocenters. The summed E-state index contributed by atoms with van der Waals surface area (Å²) in [6.07, 6.45) is 1.29. The quantitative estimate of drug-likeness (QED) is 0.370. The second kappa shape index (κ2) is 12.7. The van der Waals surface area contributed by atoms with Crippen molar-refractivity contribution < 1.29 is 22.7 Å². The van der Waals surface area contributed by atoms with Gasteiger partial charge in [-0.05, 0) is 35.4 Å². The largest absolute Gasteiger partial charge is 0.495 e. The summed E-state index contributed by atoms with van der Waals surface area (Å²) in [5, 5.41) is 2.66. The van der Waals surface area contributed by atoms with Crippen LogP contribution in [0.25, 0.3) is 0 Å². The number of carbonyl (C=O) groups is 2. The van der Waals surface area contributed by atoms with Gasteiger partial charge in [0.15, 0.2) is 0 Å². The minimum atomic E-state index is -3.87. The first-order chi connectivity index (χ1) is 17.6. The van der Waals surface area contributed by atoms with Crippen LogP contribution in [0.5, 0.6) is 5.75 Å². The van der Waals surface area contributed by atoms with Gasteiger partial charge < -0.3 is 15.0 Å². The zero-order valence-corrected chi connectivity index (χ0v) is 23.3. The lowest BCUT2D eigenvalue weighted by molar-refractivity contribution is -0.139. The van der Waals surface area contributed by atoms with E-state index in [2.05, 4.69) is 21.2 Å². The Bertz CT molecular complexity index is 1320. The lowest BCUT2D eigenvalue weighted by Gasteiger charge is -2.33. The van der Waals surface area contributed by atoms with Crippen molar-refractivity contribution in [1.29, 1.82) is 0 Å². The molecule has 2 amide bonds. The lowest BCUT2D eigenvalue weighted by Crippen LogP contribution is -2.52. The number of likely N-dealkylation sites (N-methyl/N-ethyl adjacent to an activating group) is 1. The Morgan fingerprint density at radius 3 is 2.16 bits per heavy atom. The maximum Gasteiger partial charge on any atom is 0.244 e. The van der Waals surface area contributed by atoms with Gasteiger partial charge >= 0.3 is 0 Å². The fourth-order valence-electron chi connectivity index (χ4n) is 3.94. The number of anilines is 1. The molecule has 0 aromatic heterocycles. The summed E-state index contributed by atoms with van der Waals surface area (Å²) < 4.78 is 32.9. The number of halogens is 1. The van der Waals surface area contributed by atoms with Crippen LogP contribution in [0.3, 0.4) is 0 Å². The number of rotatable bonds is 11. The Morgan fingerprint density at radius 1 is 0.946 bits per heavy atom. The van der Waals surface area contributed by atoms with E-state index in [4.69, 9.17) is 4.74 Å². The topological polar surface area (TPSA) is 96.0 Å². The molecule has 0 aliphatic carbocycles. The normalized spacial score (nSPS) is 11.9. The first-order valence-electron chi connectivity index (χ1n) is 11.5. The van der Waals surface area contributed by atoms with Crippen molar-refractivity contribution in [2.75, 3.05) is 31.3 Å². The first kappa shape index (κ1) is 28.2. The number of nitrogens with one attached hydrogen (secondary N) is 1. The van der Waals surface area contributed by atoms with Crippen molar-refractivity contribution in [2.24, 2.45) is 0 Å². The summed E-state index contributed by atoms with van der Waals surface area (Å²) in [7, 11) is -0.922. The number of ether oxygens (including phenoxy) is 1. The predicted octanol–water partition coefficient (Wildman–Crippen LogP) is 3.61. The van der Waals surface area contributed by atoms with Crippen molar-refractivity contribution in [2.45, 2.75) is 19.0 Å². The molecular formula is C27H30BrN3O5S. The molecule has 8 nitrogen and oxygen atoms in total. The predicted molar refractivity (Wildman–Crippen MR) is 148 cm³/mol. The molecule has 3 aromatic rings. The van der Waals surface area contributed by atoms with E-state index < -0.39 is 28.5 Å². The first-order valence-corrected chi connectivity index (χ1v) is 14.2. The monoisotopic (exact) mass is 587 g/mol. The third-order valence-corrected chi connectivity index (χ3v) is 7.47. The van der Waals surface area contributed by atoms with E-state index in [1.165, 1.54) is 19.1 Å². The molecular weight excluding hydrogens is 558 g/mol. The van der Waals surface area contributed by atoms with Crippen LogP contribution in [0, 0.1) is 0 Å². The standard InChI is InChI=1S/C27H30BrN3O5S/c1-29-27(33)24(17-20-9-5-4-6-10-20)30(18-21-13-15-22(28)16-14-21)26(32)19-31(37(3,34)35)23-11-7-8-12-25(23)36-2/h4-16,24H,17-19H2,1-3H3,(H,29,33)/t24-/m1/s1. The highest BCUT2D eigenvalue weighted by Gasteiger charge is 2.33. The van der Waals surface area contributed by atoms with E-state index in [1.54, 1.807) is 24.3 Å². The van der Waals surface area contributed by atoms with E-state index in [0.717, 1.165) is 26.2 Å². The number of hydrogen-bond donors (Lipinski definition) is 1. The smallest absolute Gasteiger partial charge is 0.244 e. The Balaban J connectivity index is 2.04. The number of hydrogen-bond acceptors (Lipinski definition) is 5. The molecule has 10 heteroatoms. The second-order valence-corrected chi connectivity index (χ2v) is 11.2. The van der Waals surface area contributed by atoms with Gasteiger partial charge in [-0.25, -0.2) is 8.42 Å². The van der Waals surface area contributed by atoms with Gasteiger partial charge in [0, 0.05) is 24.5 Å². The van der Waals surface area contributed by atoms with Crippen molar-refractivity contribution in [3.63, 3.8) is 0 Å². The third kappa shape index (κ3) is 7.56. The number of sulfonamides is 1. The molecule has 3 aromatic carbocycles. The summed E-state index contributed by atoms with van der Waals surface area (Å²) in [6, 6.07) is 22.5. The van der Waals surface area contributed by atoms with Crippen LogP contribution in [0.1, 0.15) is 11.1 Å². The third-order valence-electron chi connectivity index (χ3n) is 5.82. The molecule has 196 valence electrons. The molecule has 0 heterocycles. The van der Waals surface area contributed by atoms with Crippen molar-refractivity contribution in [1.82, 2.24) is 10.2 Å². The molecule has 0 fully saturated rings. The number of benzene rings is 3. The van der Waals surface area contributed by atoms with Gasteiger partial charge in [0.1, 0.15) is 18.3 Å². The summed E-state index contributed by atoms with van der Waals surface area (Å²) in [5.74, 6) is -0.561. The van der Waals surface area contributed by atoms with Gasteiger partial charge in [0.25, 0.3) is 0 Å². The second-order valence-electron chi connectivity index (χ2n) is 8.41. The summed E-state index contributed by atoms with van der Waals surface area (Å²) in [4.78, 5) is 28.4. The van der Waals surface area contributed by atoms with Crippen LogP contribution in [0.2, 0.25) is 0 Å². The summed E-state index contributed by atoms with van der Waals surface area (Å²) in [5.41, 5.74) is 1.90. The lowest BCUT2D eigenvalue weighted by atomic mass is 10.0. The van der Waals surface area contributed by atoms with Gasteiger partial charge in [-0.3, -0.25) is 13.9 Å². The average molecular weight is 589 g/mol. The molecule has 0 aliphatic heterocycles. The van der Waals surface area contributed by atoms with Crippen LogP contribution in [-0.2, 0) is 32.6 Å². The van der Waals surface area contributed by atoms with E-state index in [9.17, 15) is 18.0 Å². The average Bonchev–Trinajstić information content (AvgIpc) is 2.89. The highest BCUT2D eigenvalue weighted by Crippen LogP contribution is 2.30. The molecule has 37 heavy (non-hydrogen) atoms. The Labute approximate surface area is 226 Å². The maximum absolute atomic E-state index is 13.9. The van der Waals surface area contributed by atoms with Crippen molar-refractivity contribution in [3.05, 3.63) is 94.5 Å². The van der Waals surface area contributed by atoms with Crippen LogP contribution < -0.4 is 14.4 Å². The Morgan fingerprint density at radius 2 is 1.57 bits per heavy atom. The molecule has 0 radical (unpaired) electrons. The number of para-hydroxylation sites is 2. The minimum absolute atomic E-state index is 0.112. The highest BCUT2D eigenvalue weighted by molar-refractivity contribution is 9.10. The maximum atomic E-state index is 13.9. The SMILES string of the molecule is CNC(=O)[C@@H](Cc1ccccc1)N(Cc1ccc(Br)cc1)C(=O)CN(c1ccccc1OC)S(C)(=O)=O. The fraction of sp³-hybridized carbons (Fsp3) is 0.259. The molecule has 1 N–H and O–H groups in total. The fourth-order valence-corrected chi connectivity index (χ4v) is 5.06. The number of carbonyl (C=O) groups excluding carboxylic acids is 2. The van der Waals surface area contributed by atoms with Gasteiger partial charge in [-0.2, -0.15) is 0 Å². The minimum Gasteiger partial charge on any atom is -0.495 e. The summed E-state index contributed by atoms with van der Waals surface area (Å²) in [6.45, 7) is -0.390. The number of amides is 2. The highest BCUT2D eigenvalue weighted by atomic mass is 79.9. The zero-order chi connectivity index (χ0) is 27.0. The zero-order valence-electron chi connectivity index (χ0n) is 20.9. The number of methoxy groups -OCH3 is 1. The molecule has 3 rings (SSSR count).